The fourth-order valence-corrected chi connectivity index (χ4v) is 6.24. The zero-order valence-electron chi connectivity index (χ0n) is 23.3. The van der Waals surface area contributed by atoms with Gasteiger partial charge in [0.05, 0.1) is 17.9 Å². The molecule has 2 aromatic rings. The van der Waals surface area contributed by atoms with Crippen LogP contribution in [-0.2, 0) is 22.4 Å². The quantitative estimate of drug-likeness (QED) is 0.596. The van der Waals surface area contributed by atoms with Gasteiger partial charge in [0.15, 0.2) is 0 Å². The molecule has 1 aromatic carbocycles. The second kappa shape index (κ2) is 10.0. The Hall–Kier alpha value is -2.84. The van der Waals surface area contributed by atoms with Gasteiger partial charge in [-0.3, -0.25) is 19.5 Å². The molecule has 4 heterocycles. The monoisotopic (exact) mass is 521 g/mol. The Kier molecular flexibility index (Phi) is 7.07. The van der Waals surface area contributed by atoms with Crippen molar-refractivity contribution in [2.24, 2.45) is 0 Å². The van der Waals surface area contributed by atoms with Gasteiger partial charge < -0.3 is 15.1 Å². The van der Waals surface area contributed by atoms with Gasteiger partial charge in [-0.25, -0.2) is 4.39 Å². The van der Waals surface area contributed by atoms with Crippen LogP contribution in [-0.4, -0.2) is 71.4 Å². The average molecular weight is 522 g/mol. The summed E-state index contributed by atoms with van der Waals surface area (Å²) >= 11 is 0. The first-order valence-electron chi connectivity index (χ1n) is 13.8. The van der Waals surface area contributed by atoms with E-state index in [4.69, 9.17) is 0 Å². The van der Waals surface area contributed by atoms with Crippen LogP contribution in [0, 0.1) is 0 Å². The number of alkyl halides is 1. The van der Waals surface area contributed by atoms with Crippen LogP contribution in [0.3, 0.4) is 0 Å². The largest absolute Gasteiger partial charge is 0.333 e. The molecule has 38 heavy (non-hydrogen) atoms. The number of carbonyl (C=O) groups is 2. The number of anilines is 1. The summed E-state index contributed by atoms with van der Waals surface area (Å²) in [5.74, 6) is 0.0576. The number of nitrogens with one attached hydrogen (secondary N) is 1. The predicted molar refractivity (Wildman–Crippen MR) is 147 cm³/mol. The smallest absolute Gasteiger partial charge is 0.254 e. The molecule has 7 nitrogen and oxygen atoms in total. The minimum absolute atomic E-state index is 0.000150. The number of rotatable bonds is 7. The van der Waals surface area contributed by atoms with E-state index in [-0.39, 0.29) is 35.9 Å². The Morgan fingerprint density at radius 3 is 2.79 bits per heavy atom. The van der Waals surface area contributed by atoms with Crippen LogP contribution in [0.1, 0.15) is 74.6 Å². The molecule has 0 saturated carbocycles. The molecule has 2 amide bonds. The van der Waals surface area contributed by atoms with Crippen molar-refractivity contribution in [3.8, 4) is 0 Å². The van der Waals surface area contributed by atoms with Gasteiger partial charge in [0.1, 0.15) is 5.67 Å². The number of amides is 2. The Morgan fingerprint density at radius 2 is 2.05 bits per heavy atom. The zero-order valence-corrected chi connectivity index (χ0v) is 23.3. The van der Waals surface area contributed by atoms with Crippen molar-refractivity contribution in [3.05, 3.63) is 58.9 Å². The summed E-state index contributed by atoms with van der Waals surface area (Å²) in [5.41, 5.74) is 2.16. The van der Waals surface area contributed by atoms with Gasteiger partial charge in [-0.2, -0.15) is 0 Å². The lowest BCUT2D eigenvalue weighted by Gasteiger charge is -2.41. The molecule has 0 spiro atoms. The third kappa shape index (κ3) is 4.96. The molecule has 1 fully saturated rings. The molecule has 1 aromatic heterocycles. The number of pyridine rings is 1. The van der Waals surface area contributed by atoms with E-state index < -0.39 is 5.67 Å². The molecular formula is C30H40FN5O2. The number of nitrogens with zero attached hydrogens (tertiary/aromatic N) is 4. The number of hydrogen-bond donors (Lipinski definition) is 1. The molecule has 1 unspecified atom stereocenters. The summed E-state index contributed by atoms with van der Waals surface area (Å²) in [5, 5.41) is 3.53. The number of hydrogen-bond acceptors (Lipinski definition) is 5. The lowest BCUT2D eigenvalue weighted by molar-refractivity contribution is -0.120. The summed E-state index contributed by atoms with van der Waals surface area (Å²) in [7, 11) is 0. The molecule has 3 atom stereocenters. The lowest BCUT2D eigenvalue weighted by Crippen LogP contribution is -2.60. The maximum absolute atomic E-state index is 15.4. The molecule has 0 aliphatic carbocycles. The maximum Gasteiger partial charge on any atom is 0.254 e. The maximum atomic E-state index is 15.4. The first-order valence-corrected chi connectivity index (χ1v) is 13.8. The average Bonchev–Trinajstić information content (AvgIpc) is 3.33. The molecule has 3 aliphatic rings. The van der Waals surface area contributed by atoms with E-state index in [1.165, 1.54) is 0 Å². The van der Waals surface area contributed by atoms with Crippen molar-refractivity contribution in [2.75, 3.05) is 37.6 Å². The number of benzene rings is 1. The molecule has 3 aliphatic heterocycles. The predicted octanol–water partition coefficient (Wildman–Crippen LogP) is 4.01. The van der Waals surface area contributed by atoms with Crippen LogP contribution in [0.5, 0.6) is 0 Å². The zero-order chi connectivity index (χ0) is 27.2. The third-order valence-corrected chi connectivity index (χ3v) is 8.40. The van der Waals surface area contributed by atoms with E-state index >= 15 is 4.39 Å². The number of fused-ring (bicyclic) bond motifs is 2. The van der Waals surface area contributed by atoms with Gasteiger partial charge in [-0.1, -0.05) is 45.4 Å². The Balaban J connectivity index is 1.35. The first-order chi connectivity index (χ1) is 18.0. The van der Waals surface area contributed by atoms with Crippen LogP contribution in [0.2, 0.25) is 0 Å². The minimum Gasteiger partial charge on any atom is -0.333 e. The van der Waals surface area contributed by atoms with Gasteiger partial charge in [0.2, 0.25) is 5.91 Å². The Morgan fingerprint density at radius 1 is 1.29 bits per heavy atom. The second-order valence-electron chi connectivity index (χ2n) is 12.1. The van der Waals surface area contributed by atoms with Crippen molar-refractivity contribution in [3.63, 3.8) is 0 Å². The molecule has 1 N–H and O–H groups in total. The minimum atomic E-state index is -1.54. The SMILES string of the molecule is CCCC(C)(F)c1cc2c(cn1)C(C)(C)CN2C(=O)CN1C[C@@H](C)NC[C@@H]1CN1Cc2ccccc2C1=O. The van der Waals surface area contributed by atoms with E-state index in [1.807, 2.05) is 41.0 Å². The fourth-order valence-electron chi connectivity index (χ4n) is 6.24. The van der Waals surface area contributed by atoms with Gasteiger partial charge in [-0.05, 0) is 38.0 Å². The van der Waals surface area contributed by atoms with Crippen LogP contribution < -0.4 is 10.2 Å². The Bertz CT molecular complexity index is 1230. The van der Waals surface area contributed by atoms with Gasteiger partial charge in [0, 0.05) is 67.5 Å². The van der Waals surface area contributed by atoms with Gasteiger partial charge >= 0.3 is 0 Å². The highest BCUT2D eigenvalue weighted by Gasteiger charge is 2.41. The number of aromatic nitrogens is 1. The van der Waals surface area contributed by atoms with E-state index in [0.717, 1.165) is 28.9 Å². The van der Waals surface area contributed by atoms with E-state index in [1.54, 1.807) is 19.2 Å². The highest BCUT2D eigenvalue weighted by atomic mass is 19.1. The highest BCUT2D eigenvalue weighted by Crippen LogP contribution is 2.42. The van der Waals surface area contributed by atoms with Crippen LogP contribution in [0.25, 0.3) is 0 Å². The number of carbonyl (C=O) groups excluding carboxylic acids is 2. The molecule has 5 rings (SSSR count). The molecule has 0 bridgehead atoms. The van der Waals surface area contributed by atoms with Crippen molar-refractivity contribution in [1.82, 2.24) is 20.1 Å². The summed E-state index contributed by atoms with van der Waals surface area (Å²) in [6.45, 7) is 13.2. The number of halogens is 1. The van der Waals surface area contributed by atoms with Crippen molar-refractivity contribution >= 4 is 17.5 Å². The van der Waals surface area contributed by atoms with Crippen molar-refractivity contribution < 1.29 is 14.0 Å². The fraction of sp³-hybridized carbons (Fsp3) is 0.567. The molecular weight excluding hydrogens is 481 g/mol. The normalized spacial score (nSPS) is 24.3. The Labute approximate surface area is 225 Å². The molecule has 1 saturated heterocycles. The van der Waals surface area contributed by atoms with E-state index in [0.29, 0.717) is 44.7 Å². The summed E-state index contributed by atoms with van der Waals surface area (Å²) < 4.78 is 15.4. The standard InChI is InChI=1S/C30H40FN5O2/c1-6-11-30(5,31)26-12-25-24(14-33-26)29(3,4)19-36(25)27(37)18-34-15-20(2)32-13-22(34)17-35-16-21-9-7-8-10-23(21)28(35)38/h7-10,12,14,20,22,32H,6,11,13,15-19H2,1-5H3/t20-,22-,30?/m1/s1. The van der Waals surface area contributed by atoms with Crippen molar-refractivity contribution in [2.45, 2.75) is 77.2 Å². The molecule has 8 heteroatoms. The summed E-state index contributed by atoms with van der Waals surface area (Å²) in [6.07, 6.45) is 2.86. The second-order valence-corrected chi connectivity index (χ2v) is 12.1. The lowest BCUT2D eigenvalue weighted by atomic mass is 9.87. The topological polar surface area (TPSA) is 68.8 Å². The van der Waals surface area contributed by atoms with E-state index in [9.17, 15) is 9.59 Å². The van der Waals surface area contributed by atoms with Crippen LogP contribution in [0.15, 0.2) is 36.5 Å². The first kappa shape index (κ1) is 26.8. The van der Waals surface area contributed by atoms with Crippen molar-refractivity contribution in [1.29, 1.82) is 0 Å². The summed E-state index contributed by atoms with van der Waals surface area (Å²) in [4.78, 5) is 37.3. The highest BCUT2D eigenvalue weighted by molar-refractivity contribution is 5.98. The molecule has 0 radical (unpaired) electrons. The van der Waals surface area contributed by atoms with Crippen LogP contribution >= 0.6 is 0 Å². The van der Waals surface area contributed by atoms with Crippen LogP contribution in [0.4, 0.5) is 10.1 Å². The van der Waals surface area contributed by atoms with Gasteiger partial charge in [0.25, 0.3) is 5.91 Å². The summed E-state index contributed by atoms with van der Waals surface area (Å²) in [6, 6.07) is 9.82. The third-order valence-electron chi connectivity index (χ3n) is 8.40. The van der Waals surface area contributed by atoms with E-state index in [2.05, 4.69) is 36.0 Å². The molecule has 204 valence electrons. The number of piperazine rings is 1. The van der Waals surface area contributed by atoms with Gasteiger partial charge in [-0.15, -0.1) is 0 Å².